The average Bonchev–Trinajstić information content (AvgIpc) is 2.99. The summed E-state index contributed by atoms with van der Waals surface area (Å²) < 4.78 is 24.8. The number of pyridine rings is 1. The van der Waals surface area contributed by atoms with Crippen molar-refractivity contribution in [1.82, 2.24) is 19.7 Å². The van der Waals surface area contributed by atoms with E-state index in [2.05, 4.69) is 15.4 Å². The minimum atomic E-state index is -2.95. The van der Waals surface area contributed by atoms with Gasteiger partial charge in [-0.25, -0.2) is 13.4 Å². The molecular formula is C15H21N5O3S. The second-order valence-corrected chi connectivity index (χ2v) is 8.55. The van der Waals surface area contributed by atoms with Gasteiger partial charge in [0.05, 0.1) is 35.6 Å². The second-order valence-electron chi connectivity index (χ2n) is 6.32. The van der Waals surface area contributed by atoms with Crippen LogP contribution in [0.25, 0.3) is 11.0 Å². The minimum absolute atomic E-state index is 0.0954. The molecule has 2 aromatic rings. The number of nitrogens with zero attached hydrogens (tertiary/aromatic N) is 4. The van der Waals surface area contributed by atoms with Gasteiger partial charge in [0.25, 0.3) is 0 Å². The monoisotopic (exact) mass is 351 g/mol. The number of fused-ring (bicyclic) bond motifs is 1. The van der Waals surface area contributed by atoms with E-state index in [4.69, 9.17) is 0 Å². The Morgan fingerprint density at radius 3 is 2.92 bits per heavy atom. The maximum absolute atomic E-state index is 12.2. The topological polar surface area (TPSA) is 97.2 Å². The molecule has 0 aromatic carbocycles. The number of aryl methyl sites for hydroxylation is 2. The van der Waals surface area contributed by atoms with E-state index < -0.39 is 9.84 Å². The molecule has 0 radical (unpaired) electrons. The van der Waals surface area contributed by atoms with E-state index in [0.29, 0.717) is 12.1 Å². The molecule has 0 bridgehead atoms. The molecule has 8 nitrogen and oxygen atoms in total. The Kier molecular flexibility index (Phi) is 4.31. The van der Waals surface area contributed by atoms with E-state index in [1.54, 1.807) is 22.8 Å². The number of anilines is 1. The largest absolute Gasteiger partial charge is 0.324 e. The number of rotatable bonds is 4. The first-order valence-corrected chi connectivity index (χ1v) is 9.57. The molecular weight excluding hydrogens is 330 g/mol. The Morgan fingerprint density at radius 2 is 2.25 bits per heavy atom. The fraction of sp³-hybridized carbons (Fsp3) is 0.533. The average molecular weight is 351 g/mol. The highest BCUT2D eigenvalue weighted by atomic mass is 32.2. The molecule has 3 rings (SSSR count). The number of amides is 1. The van der Waals surface area contributed by atoms with E-state index in [0.717, 1.165) is 16.7 Å². The van der Waals surface area contributed by atoms with E-state index in [9.17, 15) is 13.2 Å². The molecule has 0 saturated carbocycles. The van der Waals surface area contributed by atoms with Crippen molar-refractivity contribution in [2.24, 2.45) is 7.05 Å². The van der Waals surface area contributed by atoms with Crippen LogP contribution in [0.5, 0.6) is 0 Å². The number of hydrogen-bond acceptors (Lipinski definition) is 6. The van der Waals surface area contributed by atoms with Crippen LogP contribution in [0.3, 0.4) is 0 Å². The third-order valence-corrected chi connectivity index (χ3v) is 6.12. The lowest BCUT2D eigenvalue weighted by Crippen LogP contribution is -2.38. The van der Waals surface area contributed by atoms with Crippen LogP contribution in [0.1, 0.15) is 12.1 Å². The van der Waals surface area contributed by atoms with Crippen molar-refractivity contribution in [3.05, 3.63) is 18.0 Å². The van der Waals surface area contributed by atoms with Crippen LogP contribution < -0.4 is 5.32 Å². The summed E-state index contributed by atoms with van der Waals surface area (Å²) in [6.07, 6.45) is 2.18. The summed E-state index contributed by atoms with van der Waals surface area (Å²) in [5.74, 6) is 0.133. The van der Waals surface area contributed by atoms with E-state index in [1.165, 1.54) is 0 Å². The van der Waals surface area contributed by atoms with Gasteiger partial charge in [0.1, 0.15) is 0 Å². The summed E-state index contributed by atoms with van der Waals surface area (Å²) in [5.41, 5.74) is 2.22. The molecule has 9 heteroatoms. The molecule has 1 unspecified atom stereocenters. The van der Waals surface area contributed by atoms with Gasteiger partial charge in [-0.05, 0) is 26.5 Å². The quantitative estimate of drug-likeness (QED) is 0.853. The molecule has 1 aliphatic heterocycles. The first-order valence-electron chi connectivity index (χ1n) is 7.75. The fourth-order valence-corrected chi connectivity index (χ4v) is 4.86. The van der Waals surface area contributed by atoms with Crippen molar-refractivity contribution in [3.63, 3.8) is 0 Å². The second kappa shape index (κ2) is 6.14. The molecule has 0 spiro atoms. The van der Waals surface area contributed by atoms with Crippen LogP contribution in [-0.2, 0) is 21.7 Å². The van der Waals surface area contributed by atoms with Crippen LogP contribution in [0.4, 0.5) is 5.69 Å². The number of nitrogens with one attached hydrogen (secondary N) is 1. The SMILES string of the molecule is Cc1nn(C)c2ncc(NC(=O)CN(C)C3CCS(=O)(=O)C3)cc12. The third-order valence-electron chi connectivity index (χ3n) is 4.37. The number of sulfone groups is 1. The Bertz CT molecular complexity index is 890. The molecule has 1 N–H and O–H groups in total. The van der Waals surface area contributed by atoms with Gasteiger partial charge in [0, 0.05) is 18.5 Å². The molecule has 2 aromatic heterocycles. The minimum Gasteiger partial charge on any atom is -0.324 e. The number of aromatic nitrogens is 3. The van der Waals surface area contributed by atoms with Gasteiger partial charge in [0.15, 0.2) is 15.5 Å². The molecule has 24 heavy (non-hydrogen) atoms. The number of carbonyl (C=O) groups excluding carboxylic acids is 1. The highest BCUT2D eigenvalue weighted by molar-refractivity contribution is 7.91. The van der Waals surface area contributed by atoms with Gasteiger partial charge >= 0.3 is 0 Å². The number of likely N-dealkylation sites (N-methyl/N-ethyl adjacent to an activating group) is 1. The maximum atomic E-state index is 12.2. The standard InChI is InChI=1S/C15H21N5O3S/c1-10-13-6-11(7-16-15(13)20(3)18-10)17-14(21)8-19(2)12-4-5-24(22,23)9-12/h6-7,12H,4-5,8-9H2,1-3H3,(H,17,21). The summed E-state index contributed by atoms with van der Waals surface area (Å²) in [6.45, 7) is 2.04. The number of carbonyl (C=O) groups is 1. The van der Waals surface area contributed by atoms with Crippen LogP contribution in [-0.4, -0.2) is 65.1 Å². The normalized spacial score (nSPS) is 19.9. The molecule has 1 saturated heterocycles. The van der Waals surface area contributed by atoms with Crippen LogP contribution >= 0.6 is 0 Å². The van der Waals surface area contributed by atoms with Gasteiger partial charge in [-0.3, -0.25) is 14.4 Å². The lowest BCUT2D eigenvalue weighted by molar-refractivity contribution is -0.117. The van der Waals surface area contributed by atoms with Crippen LogP contribution in [0.15, 0.2) is 12.3 Å². The zero-order chi connectivity index (χ0) is 17.5. The molecule has 130 valence electrons. The molecule has 0 aliphatic carbocycles. The van der Waals surface area contributed by atoms with Gasteiger partial charge in [-0.15, -0.1) is 0 Å². The zero-order valence-corrected chi connectivity index (χ0v) is 14.8. The van der Waals surface area contributed by atoms with Gasteiger partial charge in [-0.2, -0.15) is 5.10 Å². The summed E-state index contributed by atoms with van der Waals surface area (Å²) in [7, 11) is 0.646. The lowest BCUT2D eigenvalue weighted by Gasteiger charge is -2.22. The van der Waals surface area contributed by atoms with Crippen molar-refractivity contribution in [2.75, 3.05) is 30.4 Å². The fourth-order valence-electron chi connectivity index (χ4n) is 3.06. The molecule has 1 aliphatic rings. The Hall–Kier alpha value is -2.00. The predicted octanol–water partition coefficient (Wildman–Crippen LogP) is 0.334. The zero-order valence-electron chi connectivity index (χ0n) is 14.0. The summed E-state index contributed by atoms with van der Waals surface area (Å²) in [6, 6.07) is 1.75. The first-order chi connectivity index (χ1) is 11.2. The Morgan fingerprint density at radius 1 is 1.50 bits per heavy atom. The van der Waals surface area contributed by atoms with Gasteiger partial charge in [0.2, 0.25) is 5.91 Å². The Balaban J connectivity index is 1.65. The summed E-state index contributed by atoms with van der Waals surface area (Å²) in [5, 5.41) is 8.01. The van der Waals surface area contributed by atoms with Crippen LogP contribution in [0, 0.1) is 6.92 Å². The third kappa shape index (κ3) is 3.41. The van der Waals surface area contributed by atoms with Crippen LogP contribution in [0.2, 0.25) is 0 Å². The van der Waals surface area contributed by atoms with Gasteiger partial charge < -0.3 is 5.32 Å². The van der Waals surface area contributed by atoms with Crippen molar-refractivity contribution < 1.29 is 13.2 Å². The molecule has 1 amide bonds. The predicted molar refractivity (Wildman–Crippen MR) is 91.6 cm³/mol. The lowest BCUT2D eigenvalue weighted by atomic mass is 10.2. The highest BCUT2D eigenvalue weighted by Crippen LogP contribution is 2.20. The molecule has 1 fully saturated rings. The Labute approximate surface area is 140 Å². The van der Waals surface area contributed by atoms with Crippen molar-refractivity contribution in [3.8, 4) is 0 Å². The smallest absolute Gasteiger partial charge is 0.238 e. The van der Waals surface area contributed by atoms with E-state index >= 15 is 0 Å². The first kappa shape index (κ1) is 16.8. The van der Waals surface area contributed by atoms with Crippen molar-refractivity contribution in [1.29, 1.82) is 0 Å². The van der Waals surface area contributed by atoms with E-state index in [1.807, 2.05) is 20.0 Å². The summed E-state index contributed by atoms with van der Waals surface area (Å²) >= 11 is 0. The van der Waals surface area contributed by atoms with Crippen molar-refractivity contribution >= 4 is 32.5 Å². The van der Waals surface area contributed by atoms with E-state index in [-0.39, 0.29) is 30.0 Å². The van der Waals surface area contributed by atoms with Gasteiger partial charge in [-0.1, -0.05) is 0 Å². The maximum Gasteiger partial charge on any atom is 0.238 e. The highest BCUT2D eigenvalue weighted by Gasteiger charge is 2.31. The molecule has 1 atom stereocenters. The number of hydrogen-bond donors (Lipinski definition) is 1. The van der Waals surface area contributed by atoms with Crippen molar-refractivity contribution in [2.45, 2.75) is 19.4 Å². The molecule has 3 heterocycles. The summed E-state index contributed by atoms with van der Waals surface area (Å²) in [4.78, 5) is 18.3.